The number of aliphatic hydroxyl groups excluding tert-OH is 1. The summed E-state index contributed by atoms with van der Waals surface area (Å²) >= 11 is 5.99. The molecule has 3 aromatic carbocycles. The lowest BCUT2D eigenvalue weighted by Crippen LogP contribution is -2.36. The summed E-state index contributed by atoms with van der Waals surface area (Å²) in [5.41, 5.74) is 3.57. The first kappa shape index (κ1) is 26.9. The number of imide groups is 1. The molecule has 0 spiro atoms. The van der Waals surface area contributed by atoms with Crippen molar-refractivity contribution in [1.82, 2.24) is 20.2 Å². The Morgan fingerprint density at radius 3 is 2.26 bits per heavy atom. The number of urea groups is 1. The molecule has 1 unspecified atom stereocenters. The first-order chi connectivity index (χ1) is 18.5. The van der Waals surface area contributed by atoms with Gasteiger partial charge in [-0.25, -0.2) is 9.78 Å². The lowest BCUT2D eigenvalue weighted by Gasteiger charge is -2.23. The van der Waals surface area contributed by atoms with Gasteiger partial charge in [-0.3, -0.25) is 9.69 Å². The number of aromatic nitrogens is 2. The number of benzene rings is 3. The number of nitrogens with one attached hydrogen (secondary N) is 2. The van der Waals surface area contributed by atoms with E-state index in [0.29, 0.717) is 23.9 Å². The van der Waals surface area contributed by atoms with Gasteiger partial charge in [-0.15, -0.1) is 0 Å². The maximum Gasteiger partial charge on any atom is 0.325 e. The molecule has 2 heterocycles. The summed E-state index contributed by atoms with van der Waals surface area (Å²) in [5.74, 6) is 1.13. The molecular formula is C29H29ClN4O4. The highest BCUT2D eigenvalue weighted by Crippen LogP contribution is 2.30. The largest absolute Gasteiger partial charge is 0.491 e. The zero-order valence-corrected chi connectivity index (χ0v) is 21.7. The molecule has 4 aromatic rings. The summed E-state index contributed by atoms with van der Waals surface area (Å²) in [4.78, 5) is 34.0. The van der Waals surface area contributed by atoms with Crippen LogP contribution in [0.3, 0.4) is 0 Å². The lowest BCUT2D eigenvalue weighted by atomic mass is 10.0. The number of aromatic amines is 1. The van der Waals surface area contributed by atoms with E-state index in [1.54, 1.807) is 0 Å². The maximum absolute atomic E-state index is 12.4. The first-order valence-corrected chi connectivity index (χ1v) is 12.6. The van der Waals surface area contributed by atoms with Gasteiger partial charge in [0.2, 0.25) is 0 Å². The van der Waals surface area contributed by atoms with Crippen molar-refractivity contribution in [3.8, 4) is 17.0 Å². The predicted octanol–water partition coefficient (Wildman–Crippen LogP) is 4.93. The summed E-state index contributed by atoms with van der Waals surface area (Å²) in [6.45, 7) is 2.36. The summed E-state index contributed by atoms with van der Waals surface area (Å²) in [6.07, 6.45) is 0.479. The summed E-state index contributed by atoms with van der Waals surface area (Å²) in [7, 11) is 0. The molecular weight excluding hydrogens is 504 g/mol. The van der Waals surface area contributed by atoms with Gasteiger partial charge in [0.25, 0.3) is 5.91 Å². The number of hydrogen-bond donors (Lipinski definition) is 3. The van der Waals surface area contributed by atoms with Crippen molar-refractivity contribution in [3.05, 3.63) is 107 Å². The van der Waals surface area contributed by atoms with Crippen LogP contribution in [0.25, 0.3) is 11.3 Å². The smallest absolute Gasteiger partial charge is 0.325 e. The molecule has 38 heavy (non-hydrogen) atoms. The number of para-hydroxylation sites is 1. The zero-order valence-electron chi connectivity index (χ0n) is 20.9. The van der Waals surface area contributed by atoms with Crippen LogP contribution in [-0.2, 0) is 11.2 Å². The van der Waals surface area contributed by atoms with E-state index in [2.05, 4.69) is 10.3 Å². The number of aliphatic hydroxyl groups is 1. The van der Waals surface area contributed by atoms with Crippen LogP contribution in [-0.4, -0.2) is 51.7 Å². The molecule has 1 aliphatic rings. The molecule has 1 atom stereocenters. The minimum atomic E-state index is -0.517. The SMILES string of the molecule is Cc1[nH]c(C(Cc2ccccc2)N2C(=O)CNC2=O)nc1-c1ccc(Cl)cc1.OCCOc1ccccc1. The van der Waals surface area contributed by atoms with E-state index in [1.807, 2.05) is 91.9 Å². The molecule has 0 radical (unpaired) electrons. The van der Waals surface area contributed by atoms with Crippen molar-refractivity contribution in [2.45, 2.75) is 19.4 Å². The molecule has 5 rings (SSSR count). The molecule has 1 saturated heterocycles. The molecule has 3 N–H and O–H groups in total. The van der Waals surface area contributed by atoms with Crippen LogP contribution < -0.4 is 10.1 Å². The average molecular weight is 533 g/mol. The molecule has 0 saturated carbocycles. The van der Waals surface area contributed by atoms with Crippen LogP contribution in [0.4, 0.5) is 4.79 Å². The van der Waals surface area contributed by atoms with Gasteiger partial charge < -0.3 is 20.1 Å². The molecule has 0 bridgehead atoms. The number of imidazole rings is 1. The average Bonchev–Trinajstić information content (AvgIpc) is 3.49. The van der Waals surface area contributed by atoms with E-state index in [-0.39, 0.29) is 19.1 Å². The highest BCUT2D eigenvalue weighted by atomic mass is 35.5. The molecule has 3 amide bonds. The monoisotopic (exact) mass is 532 g/mol. The number of carbonyl (C=O) groups excluding carboxylic acids is 2. The Kier molecular flexibility index (Phi) is 9.13. The number of nitrogens with zero attached hydrogens (tertiary/aromatic N) is 2. The second-order valence-electron chi connectivity index (χ2n) is 8.62. The van der Waals surface area contributed by atoms with Gasteiger partial charge in [-0.05, 0) is 36.8 Å². The summed E-state index contributed by atoms with van der Waals surface area (Å²) in [6, 6.07) is 25.7. The Bertz CT molecular complexity index is 1330. The molecule has 1 fully saturated rings. The van der Waals surface area contributed by atoms with E-state index in [0.717, 1.165) is 28.3 Å². The van der Waals surface area contributed by atoms with E-state index in [4.69, 9.17) is 26.4 Å². The van der Waals surface area contributed by atoms with Crippen LogP contribution in [0, 0.1) is 6.92 Å². The van der Waals surface area contributed by atoms with Gasteiger partial charge in [0.15, 0.2) is 0 Å². The maximum atomic E-state index is 12.4. The normalized spacial score (nSPS) is 13.5. The molecule has 1 aromatic heterocycles. The van der Waals surface area contributed by atoms with Gasteiger partial charge >= 0.3 is 6.03 Å². The number of halogens is 1. The minimum absolute atomic E-state index is 0.00779. The Hall–Kier alpha value is -4.14. The molecule has 196 valence electrons. The molecule has 1 aliphatic heterocycles. The first-order valence-electron chi connectivity index (χ1n) is 12.2. The predicted molar refractivity (Wildman–Crippen MR) is 146 cm³/mol. The minimum Gasteiger partial charge on any atom is -0.491 e. The fourth-order valence-corrected chi connectivity index (χ4v) is 4.23. The highest BCUT2D eigenvalue weighted by molar-refractivity contribution is 6.30. The second-order valence-corrected chi connectivity index (χ2v) is 9.05. The third-order valence-corrected chi connectivity index (χ3v) is 6.15. The van der Waals surface area contributed by atoms with Gasteiger partial charge in [-0.1, -0.05) is 72.3 Å². The number of aryl methyl sites for hydroxylation is 1. The van der Waals surface area contributed by atoms with Gasteiger partial charge in [-0.2, -0.15) is 0 Å². The van der Waals surface area contributed by atoms with Crippen molar-refractivity contribution < 1.29 is 19.4 Å². The van der Waals surface area contributed by atoms with Crippen molar-refractivity contribution >= 4 is 23.5 Å². The zero-order chi connectivity index (χ0) is 26.9. The van der Waals surface area contributed by atoms with E-state index < -0.39 is 12.1 Å². The van der Waals surface area contributed by atoms with Gasteiger partial charge in [0.1, 0.15) is 24.2 Å². The Morgan fingerprint density at radius 2 is 1.66 bits per heavy atom. The Balaban J connectivity index is 0.000000283. The third-order valence-electron chi connectivity index (χ3n) is 5.90. The number of hydrogen-bond acceptors (Lipinski definition) is 5. The fourth-order valence-electron chi connectivity index (χ4n) is 4.11. The number of amides is 3. The van der Waals surface area contributed by atoms with Crippen molar-refractivity contribution in [3.63, 3.8) is 0 Å². The van der Waals surface area contributed by atoms with E-state index in [1.165, 1.54) is 4.90 Å². The van der Waals surface area contributed by atoms with Crippen LogP contribution in [0.5, 0.6) is 5.75 Å². The number of H-pyrrole nitrogens is 1. The van der Waals surface area contributed by atoms with Crippen LogP contribution in [0.1, 0.15) is 23.1 Å². The number of ether oxygens (including phenoxy) is 1. The lowest BCUT2D eigenvalue weighted by molar-refractivity contribution is -0.126. The van der Waals surface area contributed by atoms with Crippen LogP contribution in [0.2, 0.25) is 5.02 Å². The van der Waals surface area contributed by atoms with Crippen LogP contribution >= 0.6 is 11.6 Å². The van der Waals surface area contributed by atoms with Gasteiger partial charge in [0, 0.05) is 22.7 Å². The quantitative estimate of drug-likeness (QED) is 0.279. The number of carbonyl (C=O) groups is 2. The highest BCUT2D eigenvalue weighted by Gasteiger charge is 2.37. The van der Waals surface area contributed by atoms with Crippen molar-refractivity contribution in [2.75, 3.05) is 19.8 Å². The summed E-state index contributed by atoms with van der Waals surface area (Å²) < 4.78 is 5.11. The standard InChI is InChI=1S/C21H19ClN4O2.C8H10O2/c1-13-19(15-7-9-16(22)10-8-15)25-20(24-13)17(11-14-5-3-2-4-6-14)26-18(27)12-23-21(26)28;9-6-7-10-8-4-2-1-3-5-8/h2-10,17H,11-12H2,1H3,(H,23,28)(H,24,25);1-5,9H,6-7H2. The molecule has 0 aliphatic carbocycles. The Labute approximate surface area is 226 Å². The van der Waals surface area contributed by atoms with E-state index in [9.17, 15) is 9.59 Å². The number of rotatable bonds is 8. The second kappa shape index (κ2) is 12.9. The van der Waals surface area contributed by atoms with Gasteiger partial charge in [0.05, 0.1) is 18.8 Å². The van der Waals surface area contributed by atoms with Crippen molar-refractivity contribution in [2.24, 2.45) is 0 Å². The fraction of sp³-hybridized carbons (Fsp3) is 0.207. The summed E-state index contributed by atoms with van der Waals surface area (Å²) in [5, 5.41) is 11.6. The van der Waals surface area contributed by atoms with E-state index >= 15 is 0 Å². The van der Waals surface area contributed by atoms with Crippen LogP contribution in [0.15, 0.2) is 84.9 Å². The topological polar surface area (TPSA) is 108 Å². The Morgan fingerprint density at radius 1 is 1.00 bits per heavy atom. The van der Waals surface area contributed by atoms with Crippen molar-refractivity contribution in [1.29, 1.82) is 0 Å². The molecule has 8 nitrogen and oxygen atoms in total. The molecule has 9 heteroatoms. The third kappa shape index (κ3) is 6.79.